The van der Waals surface area contributed by atoms with Crippen molar-refractivity contribution in [1.29, 1.82) is 0 Å². The van der Waals surface area contributed by atoms with Gasteiger partial charge < -0.3 is 9.88 Å². The molecule has 7 heteroatoms. The Labute approximate surface area is 155 Å². The van der Waals surface area contributed by atoms with Crippen molar-refractivity contribution in [3.63, 3.8) is 0 Å². The molecule has 4 nitrogen and oxygen atoms in total. The highest BCUT2D eigenvalue weighted by atomic mass is 19.4. The third-order valence-corrected chi connectivity index (χ3v) is 5.24. The molecule has 1 aliphatic carbocycles. The summed E-state index contributed by atoms with van der Waals surface area (Å²) in [6.07, 6.45) is 1.36. The molecular weight excluding hydrogens is 357 g/mol. The van der Waals surface area contributed by atoms with E-state index in [1.165, 1.54) is 17.6 Å². The molecule has 0 spiro atoms. The van der Waals surface area contributed by atoms with E-state index in [0.717, 1.165) is 38.5 Å². The van der Waals surface area contributed by atoms with Gasteiger partial charge in [-0.2, -0.15) is 13.2 Å². The fourth-order valence-corrected chi connectivity index (χ4v) is 3.90. The van der Waals surface area contributed by atoms with Crippen LogP contribution in [0.1, 0.15) is 54.6 Å². The smallest absolute Gasteiger partial charge is 0.352 e. The molecule has 1 amide bonds. The van der Waals surface area contributed by atoms with Gasteiger partial charge in [-0.3, -0.25) is 9.59 Å². The minimum absolute atomic E-state index is 0.103. The Morgan fingerprint density at radius 3 is 2.37 bits per heavy atom. The maximum Gasteiger partial charge on any atom is 0.454 e. The summed E-state index contributed by atoms with van der Waals surface area (Å²) in [6.45, 7) is 1.35. The van der Waals surface area contributed by atoms with E-state index >= 15 is 0 Å². The van der Waals surface area contributed by atoms with E-state index in [0.29, 0.717) is 5.52 Å². The first-order chi connectivity index (χ1) is 12.8. The monoisotopic (exact) mass is 380 g/mol. The first-order valence-corrected chi connectivity index (χ1v) is 9.27. The molecule has 3 rings (SSSR count). The van der Waals surface area contributed by atoms with E-state index in [-0.39, 0.29) is 35.1 Å². The van der Waals surface area contributed by atoms with Crippen molar-refractivity contribution in [3.05, 3.63) is 35.5 Å². The Morgan fingerprint density at radius 1 is 1.11 bits per heavy atom. The fourth-order valence-electron chi connectivity index (χ4n) is 3.90. The minimum atomic E-state index is -4.96. The number of benzene rings is 1. The molecule has 1 aromatic carbocycles. The molecule has 2 aromatic rings. The van der Waals surface area contributed by atoms with Crippen molar-refractivity contribution in [2.45, 2.75) is 64.2 Å². The molecule has 1 saturated carbocycles. The maximum absolute atomic E-state index is 13.0. The van der Waals surface area contributed by atoms with Crippen LogP contribution < -0.4 is 5.32 Å². The largest absolute Gasteiger partial charge is 0.454 e. The molecule has 0 saturated heterocycles. The number of halogens is 3. The van der Waals surface area contributed by atoms with Crippen molar-refractivity contribution in [1.82, 2.24) is 9.88 Å². The summed E-state index contributed by atoms with van der Waals surface area (Å²) < 4.78 is 40.6. The fraction of sp³-hybridized carbons (Fsp3) is 0.500. The summed E-state index contributed by atoms with van der Waals surface area (Å²) in [5.41, 5.74) is 0.244. The van der Waals surface area contributed by atoms with Gasteiger partial charge in [0.15, 0.2) is 0 Å². The molecule has 27 heavy (non-hydrogen) atoms. The molecule has 1 aromatic heterocycles. The average Bonchev–Trinajstić information content (AvgIpc) is 2.77. The Balaban J connectivity index is 1.89. The second-order valence-electron chi connectivity index (χ2n) is 7.15. The molecule has 1 N–H and O–H groups in total. The summed E-state index contributed by atoms with van der Waals surface area (Å²) in [7, 11) is 0. The number of aromatic nitrogens is 1. The second-order valence-corrected chi connectivity index (χ2v) is 7.15. The molecule has 1 heterocycles. The van der Waals surface area contributed by atoms with Gasteiger partial charge in [-0.05, 0) is 25.8 Å². The number of amides is 1. The summed E-state index contributed by atoms with van der Waals surface area (Å²) in [4.78, 5) is 24.4. The highest BCUT2D eigenvalue weighted by Crippen LogP contribution is 2.31. The van der Waals surface area contributed by atoms with Gasteiger partial charge in [0, 0.05) is 22.6 Å². The highest BCUT2D eigenvalue weighted by Gasteiger charge is 2.42. The second kappa shape index (κ2) is 7.74. The van der Waals surface area contributed by atoms with Crippen LogP contribution in [0.2, 0.25) is 0 Å². The Morgan fingerprint density at radius 2 is 1.74 bits per heavy atom. The van der Waals surface area contributed by atoms with Gasteiger partial charge in [0.05, 0.1) is 5.56 Å². The van der Waals surface area contributed by atoms with E-state index in [1.807, 2.05) is 0 Å². The molecule has 0 radical (unpaired) electrons. The zero-order valence-corrected chi connectivity index (χ0v) is 15.2. The van der Waals surface area contributed by atoms with Crippen LogP contribution in [-0.4, -0.2) is 28.5 Å². The van der Waals surface area contributed by atoms with Gasteiger partial charge in [0.25, 0.3) is 5.78 Å². The first kappa shape index (κ1) is 19.5. The summed E-state index contributed by atoms with van der Waals surface area (Å²) in [5.74, 6) is -2.11. The lowest BCUT2D eigenvalue weighted by molar-refractivity contribution is -0.122. The van der Waals surface area contributed by atoms with Crippen LogP contribution in [0.4, 0.5) is 13.2 Å². The van der Waals surface area contributed by atoms with Crippen LogP contribution in [0.3, 0.4) is 0 Å². The molecule has 0 unspecified atom stereocenters. The Bertz CT molecular complexity index is 847. The predicted molar refractivity (Wildman–Crippen MR) is 96.7 cm³/mol. The van der Waals surface area contributed by atoms with E-state index in [1.54, 1.807) is 18.2 Å². The van der Waals surface area contributed by atoms with Crippen molar-refractivity contribution in [2.24, 2.45) is 0 Å². The number of ketones is 1. The van der Waals surface area contributed by atoms with E-state index in [4.69, 9.17) is 0 Å². The number of carbonyl (C=O) groups excluding carboxylic acids is 2. The van der Waals surface area contributed by atoms with Gasteiger partial charge in [-0.1, -0.05) is 43.9 Å². The van der Waals surface area contributed by atoms with Gasteiger partial charge in [0.2, 0.25) is 5.91 Å². The molecule has 1 fully saturated rings. The molecule has 0 aliphatic heterocycles. The number of fused-ring (bicyclic) bond motifs is 1. The van der Waals surface area contributed by atoms with Gasteiger partial charge in [-0.25, -0.2) is 0 Å². The predicted octanol–water partition coefficient (Wildman–Crippen LogP) is 4.53. The Kier molecular flexibility index (Phi) is 5.58. The van der Waals surface area contributed by atoms with Gasteiger partial charge >= 0.3 is 6.18 Å². The number of nitrogens with one attached hydrogen (secondary N) is 1. The Hall–Kier alpha value is -2.31. The van der Waals surface area contributed by atoms with Crippen LogP contribution in [0.5, 0.6) is 0 Å². The normalized spacial score (nSPS) is 16.3. The van der Waals surface area contributed by atoms with E-state index in [9.17, 15) is 22.8 Å². The number of rotatable bonds is 4. The molecule has 0 atom stereocenters. The number of carbonyl (C=O) groups is 2. The first-order valence-electron chi connectivity index (χ1n) is 9.27. The molecular formula is C20H23F3N2O2. The quantitative estimate of drug-likeness (QED) is 0.626. The molecule has 1 aliphatic rings. The highest BCUT2D eigenvalue weighted by molar-refractivity contribution is 6.12. The lowest BCUT2D eigenvalue weighted by Crippen LogP contribution is -2.36. The lowest BCUT2D eigenvalue weighted by atomic mass is 10.1. The average molecular weight is 380 g/mol. The van der Waals surface area contributed by atoms with Crippen LogP contribution in [0, 0.1) is 6.92 Å². The standard InChI is InChI=1S/C20H23F3N2O2/c1-13-18(19(27)20(21,22)23)15-10-6-7-11-16(15)25(13)12-17(26)24-14-8-4-2-3-5-9-14/h6-7,10-11,14H,2-5,8-9,12H2,1H3,(H,24,26). The van der Waals surface area contributed by atoms with Crippen LogP contribution in [-0.2, 0) is 11.3 Å². The number of para-hydroxylation sites is 1. The van der Waals surface area contributed by atoms with Crippen molar-refractivity contribution in [3.8, 4) is 0 Å². The lowest BCUT2D eigenvalue weighted by Gasteiger charge is -2.17. The number of hydrogen-bond donors (Lipinski definition) is 1. The number of nitrogens with zero attached hydrogens (tertiary/aromatic N) is 1. The molecule has 0 bridgehead atoms. The van der Waals surface area contributed by atoms with Crippen molar-refractivity contribution >= 4 is 22.6 Å². The van der Waals surface area contributed by atoms with Crippen LogP contribution >= 0.6 is 0 Å². The number of alkyl halides is 3. The van der Waals surface area contributed by atoms with Gasteiger partial charge in [-0.15, -0.1) is 0 Å². The third kappa shape index (κ3) is 4.17. The third-order valence-electron chi connectivity index (χ3n) is 5.24. The van der Waals surface area contributed by atoms with E-state index in [2.05, 4.69) is 5.32 Å². The minimum Gasteiger partial charge on any atom is -0.352 e. The molecule has 146 valence electrons. The summed E-state index contributed by atoms with van der Waals surface area (Å²) in [5, 5.41) is 3.22. The summed E-state index contributed by atoms with van der Waals surface area (Å²) in [6, 6.07) is 6.50. The number of hydrogen-bond acceptors (Lipinski definition) is 2. The van der Waals surface area contributed by atoms with Crippen LogP contribution in [0.25, 0.3) is 10.9 Å². The van der Waals surface area contributed by atoms with Crippen molar-refractivity contribution < 1.29 is 22.8 Å². The zero-order chi connectivity index (χ0) is 19.6. The van der Waals surface area contributed by atoms with Gasteiger partial charge in [0.1, 0.15) is 6.54 Å². The number of Topliss-reactive ketones (excluding diaryl/α,β-unsaturated/α-hetero) is 1. The van der Waals surface area contributed by atoms with Crippen LogP contribution in [0.15, 0.2) is 24.3 Å². The van der Waals surface area contributed by atoms with Crippen molar-refractivity contribution in [2.75, 3.05) is 0 Å². The zero-order valence-electron chi connectivity index (χ0n) is 15.2. The maximum atomic E-state index is 13.0. The topological polar surface area (TPSA) is 51.1 Å². The van der Waals surface area contributed by atoms with E-state index < -0.39 is 12.0 Å². The SMILES string of the molecule is Cc1c(C(=O)C(F)(F)F)c2ccccc2n1CC(=O)NC1CCCCCC1. The summed E-state index contributed by atoms with van der Waals surface area (Å²) >= 11 is 0.